The zero-order chi connectivity index (χ0) is 16.7. The maximum Gasteiger partial charge on any atom is 0.344 e. The van der Waals surface area contributed by atoms with Gasteiger partial charge < -0.3 is 19.3 Å². The van der Waals surface area contributed by atoms with Gasteiger partial charge in [0, 0.05) is 17.3 Å². The van der Waals surface area contributed by atoms with Crippen LogP contribution in [0.3, 0.4) is 0 Å². The number of rotatable bonds is 3. The number of fused-ring (bicyclic) bond motifs is 1. The van der Waals surface area contributed by atoms with Crippen LogP contribution < -0.4 is 15.0 Å². The number of hydrogen-bond donors (Lipinski definition) is 1. The number of esters is 1. The van der Waals surface area contributed by atoms with Crippen LogP contribution in [-0.2, 0) is 4.74 Å². The topological polar surface area (TPSA) is 87.0 Å². The first-order valence-electron chi connectivity index (χ1n) is 6.86. The lowest BCUT2D eigenvalue weighted by Gasteiger charge is -2.17. The van der Waals surface area contributed by atoms with Crippen molar-refractivity contribution in [3.05, 3.63) is 51.4 Å². The molecule has 0 aliphatic carbocycles. The van der Waals surface area contributed by atoms with E-state index in [4.69, 9.17) is 14.2 Å². The molecule has 0 saturated carbocycles. The van der Waals surface area contributed by atoms with Crippen LogP contribution in [0.2, 0.25) is 0 Å². The molecule has 7 heteroatoms. The molecule has 0 radical (unpaired) electrons. The van der Waals surface area contributed by atoms with Crippen molar-refractivity contribution >= 4 is 5.97 Å². The third-order valence-corrected chi connectivity index (χ3v) is 3.75. The summed E-state index contributed by atoms with van der Waals surface area (Å²) in [5, 5.41) is 9.50. The van der Waals surface area contributed by atoms with E-state index in [1.54, 1.807) is 19.1 Å². The third kappa shape index (κ3) is 2.21. The number of hydrogen-bond acceptors (Lipinski definition) is 6. The fourth-order valence-electron chi connectivity index (χ4n) is 2.77. The summed E-state index contributed by atoms with van der Waals surface area (Å²) in [5.74, 6) is -0.0682. The van der Waals surface area contributed by atoms with E-state index in [0.717, 1.165) is 6.07 Å². The Kier molecular flexibility index (Phi) is 3.48. The van der Waals surface area contributed by atoms with Crippen LogP contribution in [0.5, 0.6) is 17.2 Å². The van der Waals surface area contributed by atoms with E-state index in [1.165, 1.54) is 24.9 Å². The highest BCUT2D eigenvalue weighted by molar-refractivity contribution is 5.98. The maximum atomic E-state index is 12.3. The van der Waals surface area contributed by atoms with E-state index in [1.807, 2.05) is 0 Å². The number of methoxy groups -OCH3 is 2. The summed E-state index contributed by atoms with van der Waals surface area (Å²) in [6.07, 6.45) is -0.912. The van der Waals surface area contributed by atoms with Crippen molar-refractivity contribution in [1.82, 2.24) is 4.57 Å². The number of aromatic nitrogens is 1. The number of aryl methyl sites for hydroxylation is 1. The fraction of sp³-hybridized carbons (Fsp3) is 0.250. The van der Waals surface area contributed by atoms with E-state index >= 15 is 0 Å². The molecule has 0 fully saturated rings. The molecule has 120 valence electrons. The fourth-order valence-corrected chi connectivity index (χ4v) is 2.77. The van der Waals surface area contributed by atoms with E-state index in [0.29, 0.717) is 17.0 Å². The molecule has 0 unspecified atom stereocenters. The summed E-state index contributed by atoms with van der Waals surface area (Å²) in [4.78, 5) is 24.5. The molecule has 1 aliphatic rings. The minimum atomic E-state index is -0.912. The van der Waals surface area contributed by atoms with Crippen molar-refractivity contribution in [1.29, 1.82) is 0 Å². The molecule has 1 aliphatic heterocycles. The number of nitrogens with zero attached hydrogens (tertiary/aromatic N) is 1. The van der Waals surface area contributed by atoms with Gasteiger partial charge in [-0.25, -0.2) is 4.79 Å². The molecule has 1 atom stereocenters. The van der Waals surface area contributed by atoms with Gasteiger partial charge in [-0.2, -0.15) is 0 Å². The second-order valence-corrected chi connectivity index (χ2v) is 5.09. The van der Waals surface area contributed by atoms with Gasteiger partial charge in [-0.05, 0) is 25.1 Å². The summed E-state index contributed by atoms with van der Waals surface area (Å²) < 4.78 is 17.1. The second-order valence-electron chi connectivity index (χ2n) is 5.09. The molecule has 1 N–H and O–H groups in total. The van der Waals surface area contributed by atoms with E-state index < -0.39 is 17.8 Å². The first kappa shape index (κ1) is 15.0. The normalized spacial score (nSPS) is 16.0. The number of ether oxygens (including phenoxy) is 3. The third-order valence-electron chi connectivity index (χ3n) is 3.75. The van der Waals surface area contributed by atoms with Crippen molar-refractivity contribution in [3.8, 4) is 17.2 Å². The lowest BCUT2D eigenvalue weighted by Crippen LogP contribution is -2.26. The van der Waals surface area contributed by atoms with Crippen molar-refractivity contribution in [2.75, 3.05) is 14.2 Å². The lowest BCUT2D eigenvalue weighted by molar-refractivity contribution is 0.0307. The number of aromatic hydroxyl groups is 1. The van der Waals surface area contributed by atoms with Crippen LogP contribution in [0.15, 0.2) is 29.1 Å². The molecule has 7 nitrogen and oxygen atoms in total. The molecule has 0 bridgehead atoms. The summed E-state index contributed by atoms with van der Waals surface area (Å²) >= 11 is 0. The highest BCUT2D eigenvalue weighted by atomic mass is 16.6. The minimum Gasteiger partial charge on any atom is -0.508 e. The molecule has 0 spiro atoms. The number of pyridine rings is 1. The van der Waals surface area contributed by atoms with Gasteiger partial charge in [-0.15, -0.1) is 0 Å². The molecule has 2 heterocycles. The SMILES string of the molecule is COc1ccc2c(c1OC)C(=O)O[C@H]2n1c(C)cc(O)cc1=O. The van der Waals surface area contributed by atoms with Gasteiger partial charge in [0.1, 0.15) is 11.3 Å². The van der Waals surface area contributed by atoms with Gasteiger partial charge in [-0.3, -0.25) is 9.36 Å². The van der Waals surface area contributed by atoms with Crippen LogP contribution in [0.1, 0.15) is 27.8 Å². The Hall–Kier alpha value is -2.96. The maximum absolute atomic E-state index is 12.3. The zero-order valence-corrected chi connectivity index (χ0v) is 12.8. The van der Waals surface area contributed by atoms with E-state index in [2.05, 4.69) is 0 Å². The molecule has 23 heavy (non-hydrogen) atoms. The zero-order valence-electron chi connectivity index (χ0n) is 12.8. The minimum absolute atomic E-state index is 0.138. The monoisotopic (exact) mass is 317 g/mol. The van der Waals surface area contributed by atoms with E-state index in [-0.39, 0.29) is 17.1 Å². The first-order chi connectivity index (χ1) is 11.0. The standard InChI is InChI=1S/C16H15NO6/c1-8-6-9(18)7-12(19)17(8)15-10-4-5-11(21-2)14(22-3)13(10)16(20)23-15/h4-7,15,18H,1-3H3/t15-/m1/s1. The molecule has 0 saturated heterocycles. The molecular formula is C16H15NO6. The Labute approximate surface area is 131 Å². The van der Waals surface area contributed by atoms with Crippen molar-refractivity contribution in [2.24, 2.45) is 0 Å². The highest BCUT2D eigenvalue weighted by Gasteiger charge is 2.37. The quantitative estimate of drug-likeness (QED) is 0.865. The average Bonchev–Trinajstić information content (AvgIpc) is 2.82. The van der Waals surface area contributed by atoms with Crippen LogP contribution in [0.4, 0.5) is 0 Å². The number of benzene rings is 1. The van der Waals surface area contributed by atoms with Gasteiger partial charge in [-0.1, -0.05) is 0 Å². The molecule has 0 amide bonds. The van der Waals surface area contributed by atoms with Crippen LogP contribution >= 0.6 is 0 Å². The highest BCUT2D eigenvalue weighted by Crippen LogP contribution is 2.42. The van der Waals surface area contributed by atoms with Crippen molar-refractivity contribution in [3.63, 3.8) is 0 Å². The van der Waals surface area contributed by atoms with Crippen LogP contribution in [-0.4, -0.2) is 29.9 Å². The summed E-state index contributed by atoms with van der Waals surface area (Å²) in [6, 6.07) is 5.80. The molecule has 1 aromatic heterocycles. The van der Waals surface area contributed by atoms with Gasteiger partial charge in [0.05, 0.1) is 14.2 Å². The van der Waals surface area contributed by atoms with Crippen LogP contribution in [0, 0.1) is 6.92 Å². The van der Waals surface area contributed by atoms with Crippen molar-refractivity contribution < 1.29 is 24.1 Å². The predicted octanol–water partition coefficient (Wildman–Crippen LogP) is 1.60. The Morgan fingerprint density at radius 3 is 2.52 bits per heavy atom. The van der Waals surface area contributed by atoms with Gasteiger partial charge >= 0.3 is 5.97 Å². The summed E-state index contributed by atoms with van der Waals surface area (Å²) in [6.45, 7) is 1.65. The number of carbonyl (C=O) groups excluding carboxylic acids is 1. The smallest absolute Gasteiger partial charge is 0.344 e. The van der Waals surface area contributed by atoms with Gasteiger partial charge in [0.2, 0.25) is 6.23 Å². The Bertz CT molecular complexity index is 854. The largest absolute Gasteiger partial charge is 0.508 e. The van der Waals surface area contributed by atoms with Crippen molar-refractivity contribution in [2.45, 2.75) is 13.2 Å². The average molecular weight is 317 g/mol. The van der Waals surface area contributed by atoms with Gasteiger partial charge in [0.15, 0.2) is 11.5 Å². The Morgan fingerprint density at radius 2 is 1.91 bits per heavy atom. The molecule has 1 aromatic carbocycles. The second kappa shape index (κ2) is 5.35. The Balaban J connectivity index is 2.23. The predicted molar refractivity (Wildman–Crippen MR) is 80.2 cm³/mol. The molecular weight excluding hydrogens is 302 g/mol. The van der Waals surface area contributed by atoms with Gasteiger partial charge in [0.25, 0.3) is 5.56 Å². The first-order valence-corrected chi connectivity index (χ1v) is 6.86. The van der Waals surface area contributed by atoms with E-state index in [9.17, 15) is 14.7 Å². The van der Waals surface area contributed by atoms with Crippen LogP contribution in [0.25, 0.3) is 0 Å². The molecule has 3 rings (SSSR count). The number of carbonyl (C=O) groups is 1. The molecule has 2 aromatic rings. The lowest BCUT2D eigenvalue weighted by atomic mass is 10.1. The Morgan fingerprint density at radius 1 is 1.17 bits per heavy atom. The number of cyclic esters (lactones) is 1. The summed E-state index contributed by atoms with van der Waals surface area (Å²) in [5.41, 5.74) is 0.734. The summed E-state index contributed by atoms with van der Waals surface area (Å²) in [7, 11) is 2.90.